The Bertz CT molecular complexity index is 1490. The maximum absolute atomic E-state index is 3.56. The highest BCUT2D eigenvalue weighted by Gasteiger charge is 2.16. The van der Waals surface area contributed by atoms with E-state index in [1.54, 1.807) is 0 Å². The second-order valence-electron chi connectivity index (χ2n) is 7.24. The number of rotatable bonds is 2. The van der Waals surface area contributed by atoms with Crippen LogP contribution in [0.3, 0.4) is 0 Å². The van der Waals surface area contributed by atoms with Gasteiger partial charge in [0.15, 0.2) is 0 Å². The molecule has 2 nitrogen and oxygen atoms in total. The van der Waals surface area contributed by atoms with Crippen LogP contribution in [0.1, 0.15) is 0 Å². The number of benzene rings is 4. The summed E-state index contributed by atoms with van der Waals surface area (Å²) in [6.07, 6.45) is 2.17. The molecule has 0 amide bonds. The Balaban J connectivity index is 1.77. The predicted molar refractivity (Wildman–Crippen MR) is 125 cm³/mol. The van der Waals surface area contributed by atoms with Gasteiger partial charge in [0.2, 0.25) is 0 Å². The van der Waals surface area contributed by atoms with Crippen LogP contribution in [-0.2, 0) is 0 Å². The molecular formula is C26H17BrN2. The number of para-hydroxylation sites is 2. The topological polar surface area (TPSA) is 9.86 Å². The van der Waals surface area contributed by atoms with Crippen LogP contribution >= 0.6 is 15.9 Å². The van der Waals surface area contributed by atoms with Crippen molar-refractivity contribution < 1.29 is 0 Å². The van der Waals surface area contributed by atoms with Gasteiger partial charge in [-0.1, -0.05) is 58.4 Å². The van der Waals surface area contributed by atoms with E-state index in [-0.39, 0.29) is 0 Å². The SMILES string of the molecule is Brc1ccc(-n2c3ccccc3c3ccc4c(ccn4-c4ccccc4)c32)cc1. The lowest BCUT2D eigenvalue weighted by molar-refractivity contribution is 1.13. The smallest absolute Gasteiger partial charge is 0.0635 e. The van der Waals surface area contributed by atoms with Crippen LogP contribution in [0, 0.1) is 0 Å². The van der Waals surface area contributed by atoms with E-state index in [4.69, 9.17) is 0 Å². The molecule has 6 rings (SSSR count). The molecule has 2 heterocycles. The molecule has 0 radical (unpaired) electrons. The lowest BCUT2D eigenvalue weighted by atomic mass is 10.1. The van der Waals surface area contributed by atoms with Crippen LogP contribution in [0.4, 0.5) is 0 Å². The summed E-state index contributed by atoms with van der Waals surface area (Å²) in [5.74, 6) is 0. The Hall–Kier alpha value is -3.30. The Morgan fingerprint density at radius 3 is 2.10 bits per heavy atom. The normalized spacial score (nSPS) is 11.6. The lowest BCUT2D eigenvalue weighted by Crippen LogP contribution is -1.94. The number of hydrogen-bond donors (Lipinski definition) is 0. The first-order valence-electron chi connectivity index (χ1n) is 9.66. The Labute approximate surface area is 176 Å². The van der Waals surface area contributed by atoms with Gasteiger partial charge in [0.1, 0.15) is 0 Å². The fraction of sp³-hybridized carbons (Fsp3) is 0. The van der Waals surface area contributed by atoms with Crippen LogP contribution in [0.15, 0.2) is 108 Å². The number of halogens is 1. The number of aromatic nitrogens is 2. The molecule has 0 unspecified atom stereocenters. The van der Waals surface area contributed by atoms with E-state index >= 15 is 0 Å². The average molecular weight is 437 g/mol. The van der Waals surface area contributed by atoms with Gasteiger partial charge in [-0.25, -0.2) is 0 Å². The monoisotopic (exact) mass is 436 g/mol. The second-order valence-corrected chi connectivity index (χ2v) is 8.16. The van der Waals surface area contributed by atoms with Crippen LogP contribution in [0.25, 0.3) is 44.1 Å². The van der Waals surface area contributed by atoms with Crippen LogP contribution < -0.4 is 0 Å². The molecule has 0 aliphatic rings. The van der Waals surface area contributed by atoms with Gasteiger partial charge in [-0.3, -0.25) is 0 Å². The van der Waals surface area contributed by atoms with Crippen molar-refractivity contribution in [3.8, 4) is 11.4 Å². The van der Waals surface area contributed by atoms with Crippen LogP contribution in [0.2, 0.25) is 0 Å². The van der Waals surface area contributed by atoms with Crippen LogP contribution in [-0.4, -0.2) is 9.13 Å². The van der Waals surface area contributed by atoms with Crippen molar-refractivity contribution in [2.45, 2.75) is 0 Å². The first-order chi connectivity index (χ1) is 14.3. The van der Waals surface area contributed by atoms with E-state index < -0.39 is 0 Å². The van der Waals surface area contributed by atoms with E-state index in [1.807, 2.05) is 0 Å². The lowest BCUT2D eigenvalue weighted by Gasteiger charge is -2.10. The standard InChI is InChI=1S/C26H17BrN2/c27-18-10-12-20(13-11-18)29-25-9-5-4-8-21(25)22-14-15-24-23(26(22)29)16-17-28(24)19-6-2-1-3-7-19/h1-17H. The quantitative estimate of drug-likeness (QED) is 0.266. The third-order valence-corrected chi connectivity index (χ3v) is 6.15. The number of nitrogens with zero attached hydrogens (tertiary/aromatic N) is 2. The summed E-state index contributed by atoms with van der Waals surface area (Å²) in [7, 11) is 0. The van der Waals surface area contributed by atoms with Gasteiger partial charge >= 0.3 is 0 Å². The van der Waals surface area contributed by atoms with E-state index in [0.29, 0.717) is 0 Å². The molecule has 0 atom stereocenters. The largest absolute Gasteiger partial charge is 0.316 e. The highest BCUT2D eigenvalue weighted by atomic mass is 79.9. The molecule has 0 spiro atoms. The summed E-state index contributed by atoms with van der Waals surface area (Å²) in [6, 6.07) is 34.4. The van der Waals surface area contributed by atoms with Crippen molar-refractivity contribution in [1.29, 1.82) is 0 Å². The minimum atomic E-state index is 1.09. The molecule has 2 aromatic heterocycles. The average Bonchev–Trinajstić information content (AvgIpc) is 3.34. The van der Waals surface area contributed by atoms with E-state index in [0.717, 1.165) is 4.47 Å². The van der Waals surface area contributed by atoms with Gasteiger partial charge in [-0.15, -0.1) is 0 Å². The summed E-state index contributed by atoms with van der Waals surface area (Å²) in [5.41, 5.74) is 6.03. The molecule has 138 valence electrons. The van der Waals surface area contributed by atoms with Crippen molar-refractivity contribution in [3.63, 3.8) is 0 Å². The van der Waals surface area contributed by atoms with Crippen molar-refractivity contribution in [2.24, 2.45) is 0 Å². The molecule has 0 fully saturated rings. The first kappa shape index (κ1) is 16.6. The van der Waals surface area contributed by atoms with E-state index in [9.17, 15) is 0 Å². The molecule has 0 saturated heterocycles. The van der Waals surface area contributed by atoms with Gasteiger partial charge in [0.25, 0.3) is 0 Å². The fourth-order valence-electron chi connectivity index (χ4n) is 4.35. The van der Waals surface area contributed by atoms with Gasteiger partial charge in [-0.2, -0.15) is 0 Å². The molecule has 0 aliphatic carbocycles. The molecule has 6 aromatic rings. The van der Waals surface area contributed by atoms with E-state index in [2.05, 4.69) is 128 Å². The van der Waals surface area contributed by atoms with Crippen molar-refractivity contribution in [1.82, 2.24) is 9.13 Å². The highest BCUT2D eigenvalue weighted by molar-refractivity contribution is 9.10. The molecule has 29 heavy (non-hydrogen) atoms. The second kappa shape index (κ2) is 6.36. The first-order valence-corrected chi connectivity index (χ1v) is 10.5. The summed E-state index contributed by atoms with van der Waals surface area (Å²) >= 11 is 3.56. The van der Waals surface area contributed by atoms with Gasteiger partial charge < -0.3 is 9.13 Å². The minimum Gasteiger partial charge on any atom is -0.316 e. The molecule has 0 bridgehead atoms. The van der Waals surface area contributed by atoms with Crippen molar-refractivity contribution in [2.75, 3.05) is 0 Å². The van der Waals surface area contributed by atoms with Gasteiger partial charge in [-0.05, 0) is 54.6 Å². The summed E-state index contributed by atoms with van der Waals surface area (Å²) < 4.78 is 5.73. The summed E-state index contributed by atoms with van der Waals surface area (Å²) in [5, 5.41) is 3.81. The molecule has 4 aromatic carbocycles. The molecule has 0 saturated carbocycles. The number of fused-ring (bicyclic) bond motifs is 5. The molecular weight excluding hydrogens is 420 g/mol. The molecule has 3 heteroatoms. The predicted octanol–water partition coefficient (Wildman–Crippen LogP) is 7.49. The molecule has 0 aliphatic heterocycles. The van der Waals surface area contributed by atoms with Crippen LogP contribution in [0.5, 0.6) is 0 Å². The maximum Gasteiger partial charge on any atom is 0.0635 e. The Morgan fingerprint density at radius 1 is 0.517 bits per heavy atom. The highest BCUT2D eigenvalue weighted by Crippen LogP contribution is 2.37. The Morgan fingerprint density at radius 2 is 1.28 bits per heavy atom. The zero-order valence-corrected chi connectivity index (χ0v) is 17.2. The van der Waals surface area contributed by atoms with Gasteiger partial charge in [0, 0.05) is 38.2 Å². The van der Waals surface area contributed by atoms with Crippen molar-refractivity contribution >= 4 is 48.6 Å². The third kappa shape index (κ3) is 2.48. The minimum absolute atomic E-state index is 1.09. The number of hydrogen-bond acceptors (Lipinski definition) is 0. The zero-order chi connectivity index (χ0) is 19.4. The fourth-order valence-corrected chi connectivity index (χ4v) is 4.61. The van der Waals surface area contributed by atoms with E-state index in [1.165, 1.54) is 44.1 Å². The van der Waals surface area contributed by atoms with Crippen molar-refractivity contribution in [3.05, 3.63) is 108 Å². The molecule has 0 N–H and O–H groups in total. The Kier molecular flexibility index (Phi) is 3.65. The van der Waals surface area contributed by atoms with Gasteiger partial charge in [0.05, 0.1) is 16.6 Å². The summed E-state index contributed by atoms with van der Waals surface area (Å²) in [6.45, 7) is 0. The third-order valence-electron chi connectivity index (χ3n) is 5.62. The maximum atomic E-state index is 3.56. The zero-order valence-electron chi connectivity index (χ0n) is 15.6. The summed E-state index contributed by atoms with van der Waals surface area (Å²) in [4.78, 5) is 0.